The molecule has 40 heavy (non-hydrogen) atoms. The minimum absolute atomic E-state index is 0.0620. The summed E-state index contributed by atoms with van der Waals surface area (Å²) in [5.74, 6) is -4.74. The quantitative estimate of drug-likeness (QED) is 0.457. The maximum atomic E-state index is 12.4. The number of aryl methyl sites for hydroxylation is 1. The van der Waals surface area contributed by atoms with Crippen molar-refractivity contribution < 1.29 is 60.2 Å². The van der Waals surface area contributed by atoms with E-state index in [1.165, 1.54) is 0 Å². The van der Waals surface area contributed by atoms with Crippen molar-refractivity contribution in [1.29, 1.82) is 0 Å². The monoisotopic (exact) mass is 584 g/mol. The number of amides is 1. The first kappa shape index (κ1) is 32.5. The van der Waals surface area contributed by atoms with E-state index < -0.39 is 24.3 Å². The Balaban J connectivity index is 0.000000333. The molecule has 2 aliphatic heterocycles. The molecule has 4 heterocycles. The second kappa shape index (κ2) is 13.6. The van der Waals surface area contributed by atoms with Gasteiger partial charge in [-0.15, -0.1) is 0 Å². The van der Waals surface area contributed by atoms with E-state index in [1.54, 1.807) is 24.5 Å². The van der Waals surface area contributed by atoms with Crippen LogP contribution >= 0.6 is 0 Å². The number of aliphatic carboxylic acids is 2. The lowest BCUT2D eigenvalue weighted by Crippen LogP contribution is -2.49. The van der Waals surface area contributed by atoms with Crippen LogP contribution in [0.3, 0.4) is 0 Å². The molecular weight excluding hydrogens is 558 g/mol. The van der Waals surface area contributed by atoms with Gasteiger partial charge in [0.05, 0.1) is 16.9 Å². The second-order valence-electron chi connectivity index (χ2n) is 8.93. The van der Waals surface area contributed by atoms with Crippen LogP contribution in [0, 0.1) is 6.92 Å². The minimum atomic E-state index is -5.08. The van der Waals surface area contributed by atoms with Gasteiger partial charge in [-0.1, -0.05) is 5.16 Å². The smallest absolute Gasteiger partial charge is 0.475 e. The predicted molar refractivity (Wildman–Crippen MR) is 122 cm³/mol. The van der Waals surface area contributed by atoms with Crippen LogP contribution in [-0.2, 0) is 20.9 Å². The molecule has 0 unspecified atom stereocenters. The van der Waals surface area contributed by atoms with E-state index in [4.69, 9.17) is 29.1 Å². The minimum Gasteiger partial charge on any atom is -0.475 e. The largest absolute Gasteiger partial charge is 0.490 e. The van der Waals surface area contributed by atoms with E-state index >= 15 is 0 Å². The lowest BCUT2D eigenvalue weighted by molar-refractivity contribution is -0.193. The molecule has 0 aromatic carbocycles. The molecule has 222 valence electrons. The maximum absolute atomic E-state index is 12.4. The fraction of sp³-hybridized carbons (Fsp3) is 0.522. The van der Waals surface area contributed by atoms with Crippen molar-refractivity contribution >= 4 is 17.8 Å². The summed E-state index contributed by atoms with van der Waals surface area (Å²) in [6.45, 7) is 5.18. The van der Waals surface area contributed by atoms with E-state index in [2.05, 4.69) is 20.4 Å². The molecule has 2 aromatic heterocycles. The molecule has 2 aliphatic rings. The van der Waals surface area contributed by atoms with Gasteiger partial charge in [0, 0.05) is 50.7 Å². The highest BCUT2D eigenvalue weighted by Crippen LogP contribution is 2.35. The van der Waals surface area contributed by atoms with E-state index in [0.717, 1.165) is 50.4 Å². The molecule has 4 rings (SSSR count). The number of ether oxygens (including phenoxy) is 1. The molecule has 0 saturated carbocycles. The van der Waals surface area contributed by atoms with Crippen LogP contribution in [0.25, 0.3) is 0 Å². The maximum Gasteiger partial charge on any atom is 0.490 e. The van der Waals surface area contributed by atoms with Crippen LogP contribution in [0.2, 0.25) is 0 Å². The second-order valence-corrected chi connectivity index (χ2v) is 8.93. The van der Waals surface area contributed by atoms with Gasteiger partial charge in [0.2, 0.25) is 0 Å². The van der Waals surface area contributed by atoms with E-state index in [1.807, 2.05) is 13.0 Å². The SMILES string of the molecule is Cc1cc(CN2CC[C@@]3(C[C@H](NC(=O)c4cccnc4)CCO3)C2)no1.O=C(O)C(F)(F)F.O=C(O)C(F)(F)F. The number of alkyl halides is 6. The number of carbonyl (C=O) groups excluding carboxylic acids is 1. The first-order valence-electron chi connectivity index (χ1n) is 11.6. The average molecular weight is 584 g/mol. The number of carboxylic acids is 2. The first-order valence-corrected chi connectivity index (χ1v) is 11.6. The fourth-order valence-corrected chi connectivity index (χ4v) is 3.99. The van der Waals surface area contributed by atoms with E-state index in [-0.39, 0.29) is 17.6 Å². The highest BCUT2D eigenvalue weighted by Gasteiger charge is 2.44. The van der Waals surface area contributed by atoms with Gasteiger partial charge in [-0.2, -0.15) is 26.3 Å². The summed E-state index contributed by atoms with van der Waals surface area (Å²) in [6.07, 6.45) is -4.24. The molecule has 2 atom stereocenters. The average Bonchev–Trinajstić information content (AvgIpc) is 3.44. The van der Waals surface area contributed by atoms with Gasteiger partial charge < -0.3 is 24.8 Å². The van der Waals surface area contributed by atoms with Crippen LogP contribution in [0.4, 0.5) is 26.3 Å². The summed E-state index contributed by atoms with van der Waals surface area (Å²) in [5.41, 5.74) is 1.38. The number of aromatic nitrogens is 2. The Hall–Kier alpha value is -3.73. The molecule has 0 bridgehead atoms. The number of carbonyl (C=O) groups is 3. The molecule has 2 fully saturated rings. The Bertz CT molecular complexity index is 1120. The van der Waals surface area contributed by atoms with Crippen molar-refractivity contribution in [3.63, 3.8) is 0 Å². The summed E-state index contributed by atoms with van der Waals surface area (Å²) in [6, 6.07) is 5.67. The predicted octanol–water partition coefficient (Wildman–Crippen LogP) is 3.20. The highest BCUT2D eigenvalue weighted by atomic mass is 19.4. The third-order valence-electron chi connectivity index (χ3n) is 5.69. The Labute approximate surface area is 223 Å². The Morgan fingerprint density at radius 2 is 1.77 bits per heavy atom. The normalized spacial score (nSPS) is 21.0. The molecule has 0 radical (unpaired) electrons. The van der Waals surface area contributed by atoms with Gasteiger partial charge in [-0.05, 0) is 38.3 Å². The van der Waals surface area contributed by atoms with Gasteiger partial charge in [-0.3, -0.25) is 14.7 Å². The molecule has 2 saturated heterocycles. The van der Waals surface area contributed by atoms with Crippen LogP contribution in [0.5, 0.6) is 0 Å². The zero-order valence-corrected chi connectivity index (χ0v) is 21.0. The molecule has 17 heteroatoms. The Morgan fingerprint density at radius 1 is 1.15 bits per heavy atom. The zero-order chi connectivity index (χ0) is 30.1. The number of rotatable bonds is 4. The van der Waals surface area contributed by atoms with Gasteiger partial charge in [0.1, 0.15) is 5.76 Å². The third-order valence-corrected chi connectivity index (χ3v) is 5.69. The summed E-state index contributed by atoms with van der Waals surface area (Å²) >= 11 is 0. The lowest BCUT2D eigenvalue weighted by atomic mass is 9.89. The Morgan fingerprint density at radius 3 is 2.27 bits per heavy atom. The van der Waals surface area contributed by atoms with Crippen molar-refractivity contribution in [3.05, 3.63) is 47.6 Å². The van der Waals surface area contributed by atoms with E-state index in [9.17, 15) is 31.1 Å². The number of nitrogens with zero attached hydrogens (tertiary/aromatic N) is 3. The number of pyridine rings is 1. The van der Waals surface area contributed by atoms with Crippen molar-refractivity contribution in [2.45, 2.75) is 56.7 Å². The lowest BCUT2D eigenvalue weighted by Gasteiger charge is -2.38. The molecule has 1 amide bonds. The number of hydrogen-bond acceptors (Lipinski definition) is 8. The van der Waals surface area contributed by atoms with Gasteiger partial charge in [0.15, 0.2) is 0 Å². The van der Waals surface area contributed by atoms with Gasteiger partial charge in [-0.25, -0.2) is 9.59 Å². The molecule has 1 spiro atoms. The highest BCUT2D eigenvalue weighted by molar-refractivity contribution is 5.94. The topological polar surface area (TPSA) is 155 Å². The van der Waals surface area contributed by atoms with Crippen molar-refractivity contribution in [3.8, 4) is 0 Å². The summed E-state index contributed by atoms with van der Waals surface area (Å²) in [7, 11) is 0. The van der Waals surface area contributed by atoms with Crippen LogP contribution in [0.1, 0.15) is 41.1 Å². The van der Waals surface area contributed by atoms with E-state index in [0.29, 0.717) is 12.2 Å². The van der Waals surface area contributed by atoms with Crippen molar-refractivity contribution in [2.75, 3.05) is 19.7 Å². The summed E-state index contributed by atoms with van der Waals surface area (Å²) in [5, 5.41) is 21.5. The standard InChI is InChI=1S/C19H24N4O3.2C2HF3O2/c1-14-9-17(22-26-14)12-23-7-5-19(13-23)10-16(4-8-25-19)21-18(24)15-3-2-6-20-11-15;2*3-2(4,5)1(6)7/h2-3,6,9,11,16H,4-5,7-8,10,12-13H2,1H3,(H,21,24);2*(H,6,7)/t16-,19-;;/m1../s1. The number of halogens is 6. The number of carboxylic acid groups (broad SMARTS) is 2. The molecule has 3 N–H and O–H groups in total. The van der Waals surface area contributed by atoms with Crippen molar-refractivity contribution in [2.24, 2.45) is 0 Å². The molecular formula is C23H26F6N4O7. The van der Waals surface area contributed by atoms with Gasteiger partial charge >= 0.3 is 24.3 Å². The summed E-state index contributed by atoms with van der Waals surface area (Å²) in [4.78, 5) is 36.6. The molecule has 2 aromatic rings. The van der Waals surface area contributed by atoms with Crippen LogP contribution in [0.15, 0.2) is 35.1 Å². The number of nitrogens with one attached hydrogen (secondary N) is 1. The van der Waals surface area contributed by atoms with Crippen LogP contribution < -0.4 is 5.32 Å². The zero-order valence-electron chi connectivity index (χ0n) is 21.0. The fourth-order valence-electron chi connectivity index (χ4n) is 3.99. The Kier molecular flexibility index (Phi) is 11.0. The summed E-state index contributed by atoms with van der Waals surface area (Å²) < 4.78 is 74.8. The molecule has 0 aliphatic carbocycles. The number of likely N-dealkylation sites (tertiary alicyclic amines) is 1. The third kappa shape index (κ3) is 10.4. The molecule has 11 nitrogen and oxygen atoms in total. The van der Waals surface area contributed by atoms with Crippen LogP contribution in [-0.4, -0.2) is 86.8 Å². The van der Waals surface area contributed by atoms with Crippen molar-refractivity contribution in [1.82, 2.24) is 20.4 Å². The van der Waals surface area contributed by atoms with Gasteiger partial charge in [0.25, 0.3) is 5.91 Å². The first-order chi connectivity index (χ1) is 18.5. The number of hydrogen-bond donors (Lipinski definition) is 3.